The Kier molecular flexibility index (Phi) is 2.88. The highest BCUT2D eigenvalue weighted by atomic mass is 32.2. The Morgan fingerprint density at radius 3 is 2.67 bits per heavy atom. The van der Waals surface area contributed by atoms with E-state index in [9.17, 15) is 4.79 Å². The number of rotatable bonds is 2. The zero-order valence-electron chi connectivity index (χ0n) is 10.1. The van der Waals surface area contributed by atoms with Crippen molar-refractivity contribution in [2.45, 2.75) is 5.37 Å². The highest BCUT2D eigenvalue weighted by molar-refractivity contribution is 8.00. The van der Waals surface area contributed by atoms with Crippen LogP contribution in [0.5, 0.6) is 0 Å². The van der Waals surface area contributed by atoms with Crippen LogP contribution < -0.4 is 0 Å². The molecule has 1 atom stereocenters. The van der Waals surface area contributed by atoms with Gasteiger partial charge in [0.2, 0.25) is 5.91 Å². The second-order valence-corrected chi connectivity index (χ2v) is 5.42. The summed E-state index contributed by atoms with van der Waals surface area (Å²) in [6, 6.07) is 12.3. The molecule has 1 aliphatic rings. The van der Waals surface area contributed by atoms with E-state index in [1.54, 1.807) is 11.8 Å². The number of carbonyl (C=O) groups excluding carboxylic acids is 1. The van der Waals surface area contributed by atoms with Crippen molar-refractivity contribution in [3.05, 3.63) is 54.4 Å². The summed E-state index contributed by atoms with van der Waals surface area (Å²) < 4.78 is 2.09. The first-order valence-electron chi connectivity index (χ1n) is 5.86. The molecule has 3 nitrogen and oxygen atoms in total. The predicted octanol–water partition coefficient (Wildman–Crippen LogP) is 2.68. The Labute approximate surface area is 110 Å². The fraction of sp³-hybridized carbons (Fsp3) is 0.214. The van der Waals surface area contributed by atoms with Gasteiger partial charge in [0, 0.05) is 30.7 Å². The lowest BCUT2D eigenvalue weighted by atomic mass is 10.3. The molecule has 1 unspecified atom stereocenters. The number of benzene rings is 1. The van der Waals surface area contributed by atoms with Crippen LogP contribution in [-0.2, 0) is 4.79 Å². The molecular weight excluding hydrogens is 244 g/mol. The van der Waals surface area contributed by atoms with Gasteiger partial charge in [0.1, 0.15) is 5.37 Å². The molecule has 1 fully saturated rings. The molecule has 2 aromatic rings. The van der Waals surface area contributed by atoms with Crippen LogP contribution >= 0.6 is 11.8 Å². The highest BCUT2D eigenvalue weighted by Crippen LogP contribution is 2.37. The first kappa shape index (κ1) is 11.4. The third-order valence-corrected chi connectivity index (χ3v) is 4.48. The molecule has 2 heterocycles. The van der Waals surface area contributed by atoms with Crippen LogP contribution in [-0.4, -0.2) is 28.2 Å². The number of thioether (sulfide) groups is 1. The Balaban J connectivity index is 1.89. The van der Waals surface area contributed by atoms with Gasteiger partial charge in [-0.25, -0.2) is 0 Å². The number of hydrogen-bond donors (Lipinski definition) is 0. The number of aromatic nitrogens is 1. The molecule has 1 aromatic heterocycles. The predicted molar refractivity (Wildman–Crippen MR) is 73.7 cm³/mol. The molecule has 0 bridgehead atoms. The summed E-state index contributed by atoms with van der Waals surface area (Å²) in [4.78, 5) is 13.3. The van der Waals surface area contributed by atoms with Gasteiger partial charge in [-0.2, -0.15) is 0 Å². The summed E-state index contributed by atoms with van der Waals surface area (Å²) in [5.41, 5.74) is 2.32. The molecular formula is C14H14N2OS. The maximum Gasteiger partial charge on any atom is 0.233 e. The van der Waals surface area contributed by atoms with Crippen LogP contribution in [0.25, 0.3) is 5.69 Å². The average molecular weight is 258 g/mol. The Morgan fingerprint density at radius 1 is 1.22 bits per heavy atom. The van der Waals surface area contributed by atoms with Gasteiger partial charge in [-0.05, 0) is 18.2 Å². The molecule has 1 aliphatic heterocycles. The van der Waals surface area contributed by atoms with Gasteiger partial charge in [-0.15, -0.1) is 11.8 Å². The Morgan fingerprint density at radius 2 is 2.00 bits per heavy atom. The lowest BCUT2D eigenvalue weighted by molar-refractivity contribution is -0.126. The monoisotopic (exact) mass is 258 g/mol. The van der Waals surface area contributed by atoms with E-state index in [1.807, 2.05) is 36.3 Å². The summed E-state index contributed by atoms with van der Waals surface area (Å²) >= 11 is 1.68. The standard InChI is InChI=1S/C14H14N2OS/c1-15-13(17)10-18-14(15)11-7-8-16(9-11)12-5-3-2-4-6-12/h2-9,14H,10H2,1H3. The third-order valence-electron chi connectivity index (χ3n) is 3.17. The molecule has 18 heavy (non-hydrogen) atoms. The van der Waals surface area contributed by atoms with Crippen molar-refractivity contribution in [3.63, 3.8) is 0 Å². The van der Waals surface area contributed by atoms with Gasteiger partial charge in [0.25, 0.3) is 0 Å². The molecule has 0 saturated carbocycles. The lowest BCUT2D eigenvalue weighted by Gasteiger charge is -2.17. The Hall–Kier alpha value is -1.68. The second kappa shape index (κ2) is 4.53. The fourth-order valence-corrected chi connectivity index (χ4v) is 3.31. The van der Waals surface area contributed by atoms with Crippen LogP contribution in [0.1, 0.15) is 10.9 Å². The normalized spacial score (nSPS) is 19.5. The summed E-state index contributed by atoms with van der Waals surface area (Å²) in [6.45, 7) is 0. The minimum atomic E-state index is 0.155. The number of amides is 1. The first-order valence-corrected chi connectivity index (χ1v) is 6.91. The summed E-state index contributed by atoms with van der Waals surface area (Å²) in [6.07, 6.45) is 4.14. The first-order chi connectivity index (χ1) is 8.75. The molecule has 0 N–H and O–H groups in total. The van der Waals surface area contributed by atoms with Crippen molar-refractivity contribution in [2.24, 2.45) is 0 Å². The zero-order chi connectivity index (χ0) is 12.5. The molecule has 92 valence electrons. The summed E-state index contributed by atoms with van der Waals surface area (Å²) in [5.74, 6) is 0.787. The average Bonchev–Trinajstić information content (AvgIpc) is 3.00. The Bertz CT molecular complexity index is 564. The zero-order valence-corrected chi connectivity index (χ0v) is 10.9. The molecule has 1 aromatic carbocycles. The molecule has 3 rings (SSSR count). The van der Waals surface area contributed by atoms with Crippen LogP contribution in [0.4, 0.5) is 0 Å². The SMILES string of the molecule is CN1C(=O)CSC1c1ccn(-c2ccccc2)c1. The minimum absolute atomic E-state index is 0.155. The maximum atomic E-state index is 11.5. The highest BCUT2D eigenvalue weighted by Gasteiger charge is 2.30. The van der Waals surface area contributed by atoms with Gasteiger partial charge in [-0.3, -0.25) is 4.79 Å². The van der Waals surface area contributed by atoms with Gasteiger partial charge in [0.05, 0.1) is 5.75 Å². The topological polar surface area (TPSA) is 25.2 Å². The number of hydrogen-bond acceptors (Lipinski definition) is 2. The molecule has 1 amide bonds. The van der Waals surface area contributed by atoms with E-state index in [-0.39, 0.29) is 11.3 Å². The smallest absolute Gasteiger partial charge is 0.233 e. The van der Waals surface area contributed by atoms with Crippen LogP contribution in [0.2, 0.25) is 0 Å². The van der Waals surface area contributed by atoms with E-state index >= 15 is 0 Å². The van der Waals surface area contributed by atoms with Gasteiger partial charge in [0.15, 0.2) is 0 Å². The van der Waals surface area contributed by atoms with Gasteiger partial charge < -0.3 is 9.47 Å². The van der Waals surface area contributed by atoms with E-state index in [4.69, 9.17) is 0 Å². The van der Waals surface area contributed by atoms with E-state index in [1.165, 1.54) is 5.56 Å². The van der Waals surface area contributed by atoms with E-state index < -0.39 is 0 Å². The van der Waals surface area contributed by atoms with E-state index in [0.29, 0.717) is 5.75 Å². The van der Waals surface area contributed by atoms with Crippen LogP contribution in [0, 0.1) is 0 Å². The van der Waals surface area contributed by atoms with Crippen molar-refractivity contribution < 1.29 is 4.79 Å². The fourth-order valence-electron chi connectivity index (χ4n) is 2.13. The summed E-state index contributed by atoms with van der Waals surface area (Å²) in [5, 5.41) is 0.155. The van der Waals surface area contributed by atoms with Crippen molar-refractivity contribution in [1.29, 1.82) is 0 Å². The van der Waals surface area contributed by atoms with Gasteiger partial charge in [-0.1, -0.05) is 18.2 Å². The van der Waals surface area contributed by atoms with Gasteiger partial charge >= 0.3 is 0 Å². The second-order valence-electron chi connectivity index (χ2n) is 4.36. The van der Waals surface area contributed by atoms with Crippen LogP contribution in [0.15, 0.2) is 48.8 Å². The van der Waals surface area contributed by atoms with Crippen molar-refractivity contribution >= 4 is 17.7 Å². The van der Waals surface area contributed by atoms with E-state index in [2.05, 4.69) is 29.0 Å². The number of carbonyl (C=O) groups is 1. The van der Waals surface area contributed by atoms with Crippen molar-refractivity contribution in [2.75, 3.05) is 12.8 Å². The molecule has 1 saturated heterocycles. The lowest BCUT2D eigenvalue weighted by Crippen LogP contribution is -2.22. The molecule has 0 radical (unpaired) electrons. The van der Waals surface area contributed by atoms with E-state index in [0.717, 1.165) is 5.69 Å². The third kappa shape index (κ3) is 1.93. The minimum Gasteiger partial charge on any atom is -0.329 e. The maximum absolute atomic E-state index is 11.5. The summed E-state index contributed by atoms with van der Waals surface area (Å²) in [7, 11) is 1.87. The molecule has 4 heteroatoms. The largest absolute Gasteiger partial charge is 0.329 e. The molecule has 0 spiro atoms. The van der Waals surface area contributed by atoms with Crippen molar-refractivity contribution in [1.82, 2.24) is 9.47 Å². The van der Waals surface area contributed by atoms with Crippen LogP contribution in [0.3, 0.4) is 0 Å². The number of nitrogens with zero attached hydrogens (tertiary/aromatic N) is 2. The molecule has 0 aliphatic carbocycles. The number of para-hydroxylation sites is 1. The quantitative estimate of drug-likeness (QED) is 0.827. The van der Waals surface area contributed by atoms with Crippen molar-refractivity contribution in [3.8, 4) is 5.69 Å².